The molecule has 4 rings (SSSR count). The predicted molar refractivity (Wildman–Crippen MR) is 99.3 cm³/mol. The van der Waals surface area contributed by atoms with Gasteiger partial charge in [0.1, 0.15) is 0 Å². The molecule has 0 unspecified atom stereocenters. The molecule has 2 aromatic heterocycles. The third-order valence-corrected chi connectivity index (χ3v) is 4.67. The van der Waals surface area contributed by atoms with E-state index in [1.54, 1.807) is 30.3 Å². The van der Waals surface area contributed by atoms with Gasteiger partial charge in [-0.1, -0.05) is 23.7 Å². The highest BCUT2D eigenvalue weighted by molar-refractivity contribution is 6.31. The molecule has 5 nitrogen and oxygen atoms in total. The Hall–Kier alpha value is -2.83. The van der Waals surface area contributed by atoms with Gasteiger partial charge in [0.05, 0.1) is 30.3 Å². The van der Waals surface area contributed by atoms with Gasteiger partial charge in [0, 0.05) is 27.1 Å². The minimum atomic E-state index is -0.603. The number of hydrogen-bond donors (Lipinski definition) is 3. The molecular formula is C19H14ClFN2O3. The van der Waals surface area contributed by atoms with E-state index in [1.807, 2.05) is 0 Å². The fourth-order valence-electron chi connectivity index (χ4n) is 3.24. The Morgan fingerprint density at radius 3 is 2.73 bits per heavy atom. The summed E-state index contributed by atoms with van der Waals surface area (Å²) in [5.74, 6) is -0.549. The average molecular weight is 373 g/mol. The summed E-state index contributed by atoms with van der Waals surface area (Å²) in [6, 6.07) is 9.88. The molecule has 2 aromatic carbocycles. The van der Waals surface area contributed by atoms with Crippen molar-refractivity contribution in [1.29, 1.82) is 0 Å². The molecule has 2 heterocycles. The Morgan fingerprint density at radius 2 is 2.00 bits per heavy atom. The van der Waals surface area contributed by atoms with Crippen LogP contribution < -0.4 is 10.3 Å². The maximum atomic E-state index is 14.9. The number of aliphatic hydroxyl groups excluding tert-OH is 1. The van der Waals surface area contributed by atoms with Gasteiger partial charge in [-0.2, -0.15) is 0 Å². The van der Waals surface area contributed by atoms with E-state index in [4.69, 9.17) is 16.3 Å². The van der Waals surface area contributed by atoms with Crippen molar-refractivity contribution in [3.8, 4) is 16.9 Å². The molecule has 3 N–H and O–H groups in total. The molecule has 0 amide bonds. The molecule has 0 radical (unpaired) electrons. The number of hydrogen-bond acceptors (Lipinski definition) is 3. The van der Waals surface area contributed by atoms with E-state index in [0.717, 1.165) is 5.52 Å². The van der Waals surface area contributed by atoms with Gasteiger partial charge in [-0.15, -0.1) is 0 Å². The standard InChI is InChI=1S/C19H14ClFN2O3/c1-26-14-4-2-3-10(16(14)21)15-12(8-24)19(25)23-17-11-7-9(20)5-6-13(11)22-18(15)17/h2-7,22,24H,8H2,1H3,(H,23,25). The van der Waals surface area contributed by atoms with Crippen molar-refractivity contribution < 1.29 is 14.2 Å². The Balaban J connectivity index is 2.20. The summed E-state index contributed by atoms with van der Waals surface area (Å²) in [5.41, 5.74) is 1.80. The zero-order valence-corrected chi connectivity index (χ0v) is 14.4. The van der Waals surface area contributed by atoms with Crippen LogP contribution in [0.3, 0.4) is 0 Å². The lowest BCUT2D eigenvalue weighted by atomic mass is 9.99. The molecule has 0 saturated carbocycles. The largest absolute Gasteiger partial charge is 0.494 e. The number of fused-ring (bicyclic) bond motifs is 3. The molecule has 0 aliphatic rings. The normalized spacial score (nSPS) is 11.4. The minimum absolute atomic E-state index is 0.0546. The Morgan fingerprint density at radius 1 is 1.19 bits per heavy atom. The molecule has 0 aliphatic heterocycles. The summed E-state index contributed by atoms with van der Waals surface area (Å²) < 4.78 is 19.9. The molecule has 0 atom stereocenters. The maximum absolute atomic E-state index is 14.9. The highest BCUT2D eigenvalue weighted by Crippen LogP contribution is 2.37. The molecule has 26 heavy (non-hydrogen) atoms. The summed E-state index contributed by atoms with van der Waals surface area (Å²) in [5, 5.41) is 11.0. The van der Waals surface area contributed by atoms with Crippen molar-refractivity contribution in [2.45, 2.75) is 6.61 Å². The van der Waals surface area contributed by atoms with Gasteiger partial charge >= 0.3 is 0 Å². The molecule has 0 saturated heterocycles. The van der Waals surface area contributed by atoms with Gasteiger partial charge in [-0.05, 0) is 24.3 Å². The van der Waals surface area contributed by atoms with Gasteiger partial charge < -0.3 is 19.8 Å². The Bertz CT molecular complexity index is 1210. The van der Waals surface area contributed by atoms with Crippen LogP contribution in [0.15, 0.2) is 41.2 Å². The van der Waals surface area contributed by atoms with E-state index in [-0.39, 0.29) is 16.9 Å². The Labute approximate surface area is 152 Å². The van der Waals surface area contributed by atoms with Gasteiger partial charge in [0.25, 0.3) is 5.56 Å². The van der Waals surface area contributed by atoms with Gasteiger partial charge in [-0.25, -0.2) is 4.39 Å². The van der Waals surface area contributed by atoms with E-state index in [1.165, 1.54) is 13.2 Å². The Kier molecular flexibility index (Phi) is 3.94. The lowest BCUT2D eigenvalue weighted by Gasteiger charge is -2.12. The molecule has 0 fully saturated rings. The third-order valence-electron chi connectivity index (χ3n) is 4.44. The summed E-state index contributed by atoms with van der Waals surface area (Å²) in [6.07, 6.45) is 0. The van der Waals surface area contributed by atoms with Crippen LogP contribution in [-0.4, -0.2) is 22.2 Å². The highest BCUT2D eigenvalue weighted by atomic mass is 35.5. The van der Waals surface area contributed by atoms with Crippen molar-refractivity contribution in [2.24, 2.45) is 0 Å². The zero-order chi connectivity index (χ0) is 18.4. The summed E-state index contributed by atoms with van der Waals surface area (Å²) in [7, 11) is 1.37. The number of aromatic amines is 2. The van der Waals surface area contributed by atoms with Crippen LogP contribution in [0.2, 0.25) is 5.02 Å². The van der Waals surface area contributed by atoms with Crippen molar-refractivity contribution in [3.63, 3.8) is 0 Å². The first-order chi connectivity index (χ1) is 12.5. The maximum Gasteiger partial charge on any atom is 0.254 e. The first kappa shape index (κ1) is 16.6. The monoisotopic (exact) mass is 372 g/mol. The molecule has 7 heteroatoms. The first-order valence-electron chi connectivity index (χ1n) is 7.85. The molecule has 4 aromatic rings. The van der Waals surface area contributed by atoms with E-state index in [0.29, 0.717) is 27.0 Å². The van der Waals surface area contributed by atoms with Crippen LogP contribution in [0.5, 0.6) is 5.75 Å². The van der Waals surface area contributed by atoms with Crippen LogP contribution in [0.4, 0.5) is 4.39 Å². The van der Waals surface area contributed by atoms with E-state index >= 15 is 0 Å². The van der Waals surface area contributed by atoms with Gasteiger partial charge in [-0.3, -0.25) is 4.79 Å². The van der Waals surface area contributed by atoms with Crippen LogP contribution in [-0.2, 0) is 6.61 Å². The SMILES string of the molecule is COc1cccc(-c2c(CO)c(=O)[nH]c3c2[nH]c2ccc(Cl)cc23)c1F. The second-order valence-corrected chi connectivity index (χ2v) is 6.29. The third kappa shape index (κ3) is 2.38. The number of methoxy groups -OCH3 is 1. The smallest absolute Gasteiger partial charge is 0.254 e. The quantitative estimate of drug-likeness (QED) is 0.509. The van der Waals surface area contributed by atoms with E-state index in [2.05, 4.69) is 9.97 Å². The van der Waals surface area contributed by atoms with Crippen molar-refractivity contribution in [2.75, 3.05) is 7.11 Å². The number of benzene rings is 2. The number of aromatic nitrogens is 2. The van der Waals surface area contributed by atoms with E-state index in [9.17, 15) is 14.3 Å². The number of aliphatic hydroxyl groups is 1. The predicted octanol–water partition coefficient (Wildman–Crippen LogP) is 3.97. The van der Waals surface area contributed by atoms with Crippen LogP contribution in [0.1, 0.15) is 5.56 Å². The van der Waals surface area contributed by atoms with Crippen molar-refractivity contribution >= 4 is 33.5 Å². The number of H-pyrrole nitrogens is 2. The molecule has 132 valence electrons. The number of pyridine rings is 1. The van der Waals surface area contributed by atoms with Crippen LogP contribution in [0, 0.1) is 5.82 Å². The fourth-order valence-corrected chi connectivity index (χ4v) is 3.42. The lowest BCUT2D eigenvalue weighted by molar-refractivity contribution is 0.281. The van der Waals surface area contributed by atoms with Gasteiger partial charge in [0.15, 0.2) is 11.6 Å². The number of halogens is 2. The number of nitrogens with one attached hydrogen (secondary N) is 2. The van der Waals surface area contributed by atoms with Crippen LogP contribution >= 0.6 is 11.6 Å². The first-order valence-corrected chi connectivity index (χ1v) is 8.22. The topological polar surface area (TPSA) is 78.1 Å². The zero-order valence-electron chi connectivity index (χ0n) is 13.7. The summed E-state index contributed by atoms with van der Waals surface area (Å²) >= 11 is 6.07. The molecule has 0 spiro atoms. The summed E-state index contributed by atoms with van der Waals surface area (Å²) in [6.45, 7) is -0.534. The van der Waals surface area contributed by atoms with Crippen LogP contribution in [0.25, 0.3) is 33.1 Å². The second kappa shape index (κ2) is 6.16. The second-order valence-electron chi connectivity index (χ2n) is 5.85. The van der Waals surface area contributed by atoms with Gasteiger partial charge in [0.2, 0.25) is 0 Å². The minimum Gasteiger partial charge on any atom is -0.494 e. The lowest BCUT2D eigenvalue weighted by Crippen LogP contribution is -2.14. The fraction of sp³-hybridized carbons (Fsp3) is 0.105. The average Bonchev–Trinajstić information content (AvgIpc) is 2.98. The summed E-state index contributed by atoms with van der Waals surface area (Å²) in [4.78, 5) is 18.5. The van der Waals surface area contributed by atoms with E-state index < -0.39 is 18.0 Å². The molecule has 0 bridgehead atoms. The number of ether oxygens (including phenoxy) is 1. The molecular weight excluding hydrogens is 359 g/mol. The molecule has 0 aliphatic carbocycles. The highest BCUT2D eigenvalue weighted by Gasteiger charge is 2.21. The van der Waals surface area contributed by atoms with Crippen molar-refractivity contribution in [3.05, 3.63) is 63.2 Å². The number of rotatable bonds is 3. The van der Waals surface area contributed by atoms with Crippen molar-refractivity contribution in [1.82, 2.24) is 9.97 Å².